The van der Waals surface area contributed by atoms with E-state index in [4.69, 9.17) is 0 Å². The molecule has 5 nitrogen and oxygen atoms in total. The molecular formula is C20H18F2N4O. The maximum absolute atomic E-state index is 13.7. The monoisotopic (exact) mass is 368 g/mol. The van der Waals surface area contributed by atoms with Crippen LogP contribution in [-0.2, 0) is 6.54 Å². The number of rotatable bonds is 5. The molecule has 0 spiro atoms. The van der Waals surface area contributed by atoms with Crippen LogP contribution in [-0.4, -0.2) is 15.9 Å². The number of anilines is 2. The SMILES string of the molecule is Cc1cc(C(=O)Nc2c(F)cccc2F)nc(NCc2ccccc2C)n1. The Balaban J connectivity index is 1.78. The Morgan fingerprint density at radius 1 is 1.00 bits per heavy atom. The van der Waals surface area contributed by atoms with Gasteiger partial charge in [-0.2, -0.15) is 0 Å². The zero-order valence-electron chi connectivity index (χ0n) is 14.9. The van der Waals surface area contributed by atoms with E-state index in [1.165, 1.54) is 12.1 Å². The fourth-order valence-electron chi connectivity index (χ4n) is 2.54. The number of carbonyl (C=O) groups is 1. The van der Waals surface area contributed by atoms with E-state index in [1.807, 2.05) is 31.2 Å². The fourth-order valence-corrected chi connectivity index (χ4v) is 2.54. The predicted molar refractivity (Wildman–Crippen MR) is 99.6 cm³/mol. The van der Waals surface area contributed by atoms with Crippen LogP contribution >= 0.6 is 0 Å². The Kier molecular flexibility index (Phi) is 5.40. The molecule has 0 aliphatic carbocycles. The molecule has 0 fully saturated rings. The summed E-state index contributed by atoms with van der Waals surface area (Å²) in [4.78, 5) is 20.8. The minimum absolute atomic E-state index is 0.0115. The van der Waals surface area contributed by atoms with Crippen molar-refractivity contribution in [2.75, 3.05) is 10.6 Å². The first-order chi connectivity index (χ1) is 12.9. The van der Waals surface area contributed by atoms with Crippen LogP contribution in [0.3, 0.4) is 0 Å². The number of nitrogens with zero attached hydrogens (tertiary/aromatic N) is 2. The van der Waals surface area contributed by atoms with Gasteiger partial charge in [-0.1, -0.05) is 30.3 Å². The van der Waals surface area contributed by atoms with E-state index in [9.17, 15) is 13.6 Å². The van der Waals surface area contributed by atoms with E-state index < -0.39 is 23.2 Å². The molecule has 0 saturated heterocycles. The van der Waals surface area contributed by atoms with Crippen LogP contribution in [0, 0.1) is 25.5 Å². The zero-order valence-corrected chi connectivity index (χ0v) is 14.9. The molecule has 27 heavy (non-hydrogen) atoms. The van der Waals surface area contributed by atoms with Gasteiger partial charge in [-0.15, -0.1) is 0 Å². The summed E-state index contributed by atoms with van der Waals surface area (Å²) in [7, 11) is 0. The molecule has 0 bridgehead atoms. The molecule has 0 radical (unpaired) electrons. The van der Waals surface area contributed by atoms with Crippen molar-refractivity contribution in [3.8, 4) is 0 Å². The van der Waals surface area contributed by atoms with Gasteiger partial charge in [-0.3, -0.25) is 4.79 Å². The van der Waals surface area contributed by atoms with Crippen molar-refractivity contribution in [1.82, 2.24) is 9.97 Å². The Morgan fingerprint density at radius 2 is 1.70 bits per heavy atom. The molecule has 7 heteroatoms. The quantitative estimate of drug-likeness (QED) is 0.707. The van der Waals surface area contributed by atoms with Gasteiger partial charge in [-0.05, 0) is 43.2 Å². The van der Waals surface area contributed by atoms with Gasteiger partial charge < -0.3 is 10.6 Å². The summed E-state index contributed by atoms with van der Waals surface area (Å²) in [5.41, 5.74) is 2.25. The highest BCUT2D eigenvalue weighted by Gasteiger charge is 2.16. The smallest absolute Gasteiger partial charge is 0.274 e. The second-order valence-electron chi connectivity index (χ2n) is 6.05. The molecule has 0 unspecified atom stereocenters. The van der Waals surface area contributed by atoms with Gasteiger partial charge in [0.25, 0.3) is 5.91 Å². The molecule has 1 amide bonds. The molecule has 2 N–H and O–H groups in total. The Bertz CT molecular complexity index is 971. The summed E-state index contributed by atoms with van der Waals surface area (Å²) in [5.74, 6) is -2.17. The third-order valence-electron chi connectivity index (χ3n) is 3.99. The van der Waals surface area contributed by atoms with Crippen molar-refractivity contribution >= 4 is 17.5 Å². The van der Waals surface area contributed by atoms with Crippen LogP contribution in [0.2, 0.25) is 0 Å². The van der Waals surface area contributed by atoms with Crippen molar-refractivity contribution < 1.29 is 13.6 Å². The van der Waals surface area contributed by atoms with Gasteiger partial charge in [0.1, 0.15) is 23.0 Å². The molecule has 0 saturated carbocycles. The van der Waals surface area contributed by atoms with E-state index in [0.717, 1.165) is 23.3 Å². The maximum Gasteiger partial charge on any atom is 0.274 e. The summed E-state index contributed by atoms with van der Waals surface area (Å²) in [6.45, 7) is 4.19. The van der Waals surface area contributed by atoms with Crippen molar-refractivity contribution in [3.05, 3.63) is 82.7 Å². The fraction of sp³-hybridized carbons (Fsp3) is 0.150. The molecule has 3 rings (SSSR count). The number of carbonyl (C=O) groups excluding carboxylic acids is 1. The topological polar surface area (TPSA) is 66.9 Å². The van der Waals surface area contributed by atoms with Gasteiger partial charge in [0.05, 0.1) is 0 Å². The molecule has 0 aliphatic heterocycles. The summed E-state index contributed by atoms with van der Waals surface area (Å²) in [6, 6.07) is 12.7. The number of para-hydroxylation sites is 1. The van der Waals surface area contributed by atoms with E-state index in [2.05, 4.69) is 20.6 Å². The number of hydrogen-bond acceptors (Lipinski definition) is 4. The van der Waals surface area contributed by atoms with Gasteiger partial charge in [0, 0.05) is 12.2 Å². The van der Waals surface area contributed by atoms with Crippen LogP contribution < -0.4 is 10.6 Å². The molecule has 2 aromatic carbocycles. The van der Waals surface area contributed by atoms with Crippen molar-refractivity contribution in [1.29, 1.82) is 0 Å². The largest absolute Gasteiger partial charge is 0.350 e. The number of halogens is 2. The number of aromatic nitrogens is 2. The van der Waals surface area contributed by atoms with Crippen LogP contribution in [0.1, 0.15) is 27.3 Å². The van der Waals surface area contributed by atoms with Gasteiger partial charge >= 0.3 is 0 Å². The summed E-state index contributed by atoms with van der Waals surface area (Å²) in [6.07, 6.45) is 0. The third-order valence-corrected chi connectivity index (χ3v) is 3.99. The van der Waals surface area contributed by atoms with E-state index >= 15 is 0 Å². The van der Waals surface area contributed by atoms with Crippen molar-refractivity contribution in [2.24, 2.45) is 0 Å². The second kappa shape index (κ2) is 7.90. The molecule has 0 atom stereocenters. The molecule has 3 aromatic rings. The van der Waals surface area contributed by atoms with E-state index in [0.29, 0.717) is 12.2 Å². The van der Waals surface area contributed by atoms with Crippen LogP contribution in [0.4, 0.5) is 20.4 Å². The number of aryl methyl sites for hydroxylation is 2. The molecule has 0 aliphatic rings. The minimum Gasteiger partial charge on any atom is -0.350 e. The van der Waals surface area contributed by atoms with Crippen molar-refractivity contribution in [2.45, 2.75) is 20.4 Å². The van der Waals surface area contributed by atoms with Crippen LogP contribution in [0.25, 0.3) is 0 Å². The lowest BCUT2D eigenvalue weighted by atomic mass is 10.1. The lowest BCUT2D eigenvalue weighted by Gasteiger charge is -2.11. The van der Waals surface area contributed by atoms with Crippen molar-refractivity contribution in [3.63, 3.8) is 0 Å². The van der Waals surface area contributed by atoms with Crippen LogP contribution in [0.15, 0.2) is 48.5 Å². The van der Waals surface area contributed by atoms with E-state index in [1.54, 1.807) is 6.92 Å². The average molecular weight is 368 g/mol. The predicted octanol–water partition coefficient (Wildman–Crippen LogP) is 4.24. The number of hydrogen-bond donors (Lipinski definition) is 2. The lowest BCUT2D eigenvalue weighted by molar-refractivity contribution is 0.102. The number of benzene rings is 2. The molecular weight excluding hydrogens is 350 g/mol. The Morgan fingerprint density at radius 3 is 2.41 bits per heavy atom. The van der Waals surface area contributed by atoms with Crippen LogP contribution in [0.5, 0.6) is 0 Å². The normalized spacial score (nSPS) is 10.5. The summed E-state index contributed by atoms with van der Waals surface area (Å²) < 4.78 is 27.5. The second-order valence-corrected chi connectivity index (χ2v) is 6.05. The highest BCUT2D eigenvalue weighted by Crippen LogP contribution is 2.19. The molecule has 138 valence electrons. The maximum atomic E-state index is 13.7. The first-order valence-electron chi connectivity index (χ1n) is 8.33. The zero-order chi connectivity index (χ0) is 19.4. The number of nitrogens with one attached hydrogen (secondary N) is 2. The van der Waals surface area contributed by atoms with E-state index in [-0.39, 0.29) is 11.6 Å². The highest BCUT2D eigenvalue weighted by molar-refractivity contribution is 6.03. The Hall–Kier alpha value is -3.35. The first-order valence-corrected chi connectivity index (χ1v) is 8.33. The standard InChI is InChI=1S/C20H18F2N4O/c1-12-6-3-4-7-14(12)11-23-20-24-13(2)10-17(25-20)19(27)26-18-15(21)8-5-9-16(18)22/h3-10H,11H2,1-2H3,(H,26,27)(H,23,24,25). The summed E-state index contributed by atoms with van der Waals surface area (Å²) >= 11 is 0. The first kappa shape index (κ1) is 18.4. The number of amides is 1. The Labute approximate surface area is 155 Å². The highest BCUT2D eigenvalue weighted by atomic mass is 19.1. The van der Waals surface area contributed by atoms with Gasteiger partial charge in [0.15, 0.2) is 0 Å². The molecule has 1 aromatic heterocycles. The minimum atomic E-state index is -0.855. The van der Waals surface area contributed by atoms with Gasteiger partial charge in [0.2, 0.25) is 5.95 Å². The third kappa shape index (κ3) is 4.44. The average Bonchev–Trinajstić information content (AvgIpc) is 2.63. The summed E-state index contributed by atoms with van der Waals surface area (Å²) in [5, 5.41) is 5.30. The van der Waals surface area contributed by atoms with Gasteiger partial charge in [-0.25, -0.2) is 18.7 Å². The lowest BCUT2D eigenvalue weighted by Crippen LogP contribution is -2.17. The molecule has 1 heterocycles.